The Bertz CT molecular complexity index is 415. The van der Waals surface area contributed by atoms with Gasteiger partial charge >= 0.3 is 0 Å². The van der Waals surface area contributed by atoms with E-state index in [1.165, 1.54) is 4.88 Å². The van der Waals surface area contributed by atoms with Crippen molar-refractivity contribution in [3.63, 3.8) is 0 Å². The fourth-order valence-electron chi connectivity index (χ4n) is 1.50. The Kier molecular flexibility index (Phi) is 4.86. The first kappa shape index (κ1) is 14.7. The number of amides is 2. The molecule has 1 unspecified atom stereocenters. The molecule has 1 rings (SSSR count). The van der Waals surface area contributed by atoms with Crippen LogP contribution < -0.4 is 16.8 Å². The summed E-state index contributed by atoms with van der Waals surface area (Å²) < 4.78 is 0. The molecule has 5 nitrogen and oxygen atoms in total. The van der Waals surface area contributed by atoms with Crippen molar-refractivity contribution < 1.29 is 9.59 Å². The summed E-state index contributed by atoms with van der Waals surface area (Å²) in [5.41, 5.74) is 10.4. The van der Waals surface area contributed by atoms with Crippen LogP contribution in [-0.4, -0.2) is 24.4 Å². The van der Waals surface area contributed by atoms with Gasteiger partial charge in [0.15, 0.2) is 0 Å². The molecule has 0 aliphatic rings. The Morgan fingerprint density at radius 2 is 2.17 bits per heavy atom. The molecule has 0 saturated heterocycles. The normalized spacial score (nSPS) is 13.1. The fourth-order valence-corrected chi connectivity index (χ4v) is 2.35. The highest BCUT2D eigenvalue weighted by atomic mass is 32.1. The van der Waals surface area contributed by atoms with Crippen molar-refractivity contribution in [3.05, 3.63) is 22.4 Å². The van der Waals surface area contributed by atoms with Crippen molar-refractivity contribution in [1.82, 2.24) is 5.32 Å². The number of primary amides is 1. The van der Waals surface area contributed by atoms with Gasteiger partial charge in [0.25, 0.3) is 0 Å². The highest BCUT2D eigenvalue weighted by Crippen LogP contribution is 2.26. The van der Waals surface area contributed by atoms with E-state index in [0.717, 1.165) is 0 Å². The van der Waals surface area contributed by atoms with Gasteiger partial charge in [-0.2, -0.15) is 0 Å². The van der Waals surface area contributed by atoms with Crippen molar-refractivity contribution in [2.45, 2.75) is 31.7 Å². The van der Waals surface area contributed by atoms with Crippen LogP contribution in [0.3, 0.4) is 0 Å². The molecule has 0 saturated carbocycles. The minimum Gasteiger partial charge on any atom is -0.370 e. The minimum atomic E-state index is -0.873. The van der Waals surface area contributed by atoms with Crippen molar-refractivity contribution in [3.8, 4) is 0 Å². The predicted octanol–water partition coefficient (Wildman–Crippen LogP) is 0.345. The highest BCUT2D eigenvalue weighted by molar-refractivity contribution is 7.10. The van der Waals surface area contributed by atoms with Crippen LogP contribution in [0.4, 0.5) is 0 Å². The third kappa shape index (κ3) is 4.12. The van der Waals surface area contributed by atoms with Gasteiger partial charge in [-0.05, 0) is 11.4 Å². The minimum absolute atomic E-state index is 0.134. The molecular formula is C12H19N3O2S. The third-order valence-electron chi connectivity index (χ3n) is 2.65. The fraction of sp³-hybridized carbons (Fsp3) is 0.500. The molecule has 18 heavy (non-hydrogen) atoms. The molecule has 100 valence electrons. The maximum Gasteiger partial charge on any atom is 0.237 e. The highest BCUT2D eigenvalue weighted by Gasteiger charge is 2.24. The second-order valence-corrected chi connectivity index (χ2v) is 5.80. The van der Waals surface area contributed by atoms with Crippen LogP contribution in [-0.2, 0) is 15.0 Å². The molecule has 1 heterocycles. The molecule has 0 spiro atoms. The molecule has 0 fully saturated rings. The lowest BCUT2D eigenvalue weighted by molar-refractivity contribution is -0.126. The van der Waals surface area contributed by atoms with Gasteiger partial charge < -0.3 is 16.8 Å². The molecule has 1 aromatic rings. The van der Waals surface area contributed by atoms with E-state index in [2.05, 4.69) is 5.32 Å². The first-order valence-electron chi connectivity index (χ1n) is 5.68. The number of rotatable bonds is 6. The summed E-state index contributed by atoms with van der Waals surface area (Å²) in [4.78, 5) is 23.5. The van der Waals surface area contributed by atoms with Crippen LogP contribution in [0.1, 0.15) is 25.1 Å². The van der Waals surface area contributed by atoms with Crippen LogP contribution in [0.2, 0.25) is 0 Å². The summed E-state index contributed by atoms with van der Waals surface area (Å²) in [6, 6.07) is 3.13. The zero-order valence-electron chi connectivity index (χ0n) is 10.6. The smallest absolute Gasteiger partial charge is 0.237 e. The maximum atomic E-state index is 11.7. The molecule has 5 N–H and O–H groups in total. The number of hydrogen-bond donors (Lipinski definition) is 3. The van der Waals surface area contributed by atoms with Gasteiger partial charge in [-0.15, -0.1) is 11.3 Å². The van der Waals surface area contributed by atoms with Crippen molar-refractivity contribution in [2.75, 3.05) is 6.54 Å². The predicted molar refractivity (Wildman–Crippen MR) is 72.1 cm³/mol. The molecule has 2 amide bonds. The second kappa shape index (κ2) is 5.97. The number of nitrogens with one attached hydrogen (secondary N) is 1. The van der Waals surface area contributed by atoms with Gasteiger partial charge in [0, 0.05) is 16.8 Å². The first-order valence-corrected chi connectivity index (χ1v) is 6.56. The Morgan fingerprint density at radius 1 is 1.50 bits per heavy atom. The average molecular weight is 269 g/mol. The van der Waals surface area contributed by atoms with Gasteiger partial charge in [-0.3, -0.25) is 9.59 Å². The first-order chi connectivity index (χ1) is 8.33. The van der Waals surface area contributed by atoms with E-state index in [0.29, 0.717) is 6.54 Å². The SMILES string of the molecule is CC(C)(CNC(=O)C(N)CC(N)=O)c1cccs1. The third-order valence-corrected chi connectivity index (χ3v) is 3.89. The summed E-state index contributed by atoms with van der Waals surface area (Å²) in [5.74, 6) is -0.923. The van der Waals surface area contributed by atoms with Crippen LogP contribution >= 0.6 is 11.3 Å². The van der Waals surface area contributed by atoms with Gasteiger partial charge in [0.05, 0.1) is 12.5 Å². The number of carbonyl (C=O) groups is 2. The summed E-state index contributed by atoms with van der Waals surface area (Å²) in [6.07, 6.45) is -0.134. The van der Waals surface area contributed by atoms with E-state index >= 15 is 0 Å². The van der Waals surface area contributed by atoms with Gasteiger partial charge in [-0.1, -0.05) is 19.9 Å². The molecule has 1 atom stereocenters. The molecular weight excluding hydrogens is 250 g/mol. The molecule has 0 bridgehead atoms. The lowest BCUT2D eigenvalue weighted by Crippen LogP contribution is -2.46. The summed E-state index contributed by atoms with van der Waals surface area (Å²) in [6.45, 7) is 4.55. The number of carbonyl (C=O) groups excluding carboxylic acids is 2. The van der Waals surface area contributed by atoms with Crippen molar-refractivity contribution >= 4 is 23.2 Å². The molecule has 0 aliphatic heterocycles. The van der Waals surface area contributed by atoms with Crippen molar-refractivity contribution in [2.24, 2.45) is 11.5 Å². The lowest BCUT2D eigenvalue weighted by Gasteiger charge is -2.24. The zero-order chi connectivity index (χ0) is 13.8. The van der Waals surface area contributed by atoms with Crippen LogP contribution in [0.15, 0.2) is 17.5 Å². The second-order valence-electron chi connectivity index (χ2n) is 4.86. The van der Waals surface area contributed by atoms with E-state index in [4.69, 9.17) is 11.5 Å². The Labute approximate surface area is 111 Å². The largest absolute Gasteiger partial charge is 0.370 e. The number of hydrogen-bond acceptors (Lipinski definition) is 4. The van der Waals surface area contributed by atoms with Crippen LogP contribution in [0.25, 0.3) is 0 Å². The average Bonchev–Trinajstić information content (AvgIpc) is 2.78. The monoisotopic (exact) mass is 269 g/mol. The van der Waals surface area contributed by atoms with Crippen molar-refractivity contribution in [1.29, 1.82) is 0 Å². The number of nitrogens with two attached hydrogens (primary N) is 2. The quantitative estimate of drug-likeness (QED) is 0.694. The Morgan fingerprint density at radius 3 is 2.67 bits per heavy atom. The summed E-state index contributed by atoms with van der Waals surface area (Å²) >= 11 is 1.64. The van der Waals surface area contributed by atoms with E-state index in [1.54, 1.807) is 11.3 Å². The molecule has 6 heteroatoms. The van der Waals surface area contributed by atoms with Crippen LogP contribution in [0, 0.1) is 0 Å². The molecule has 1 aromatic heterocycles. The van der Waals surface area contributed by atoms with E-state index < -0.39 is 11.9 Å². The molecule has 0 radical (unpaired) electrons. The van der Waals surface area contributed by atoms with Gasteiger partial charge in [0.2, 0.25) is 11.8 Å². The zero-order valence-corrected chi connectivity index (χ0v) is 11.4. The van der Waals surface area contributed by atoms with Gasteiger partial charge in [-0.25, -0.2) is 0 Å². The van der Waals surface area contributed by atoms with Gasteiger partial charge in [0.1, 0.15) is 0 Å². The Balaban J connectivity index is 2.50. The van der Waals surface area contributed by atoms with E-state index in [1.807, 2.05) is 31.4 Å². The summed E-state index contributed by atoms with van der Waals surface area (Å²) in [5, 5.41) is 4.75. The summed E-state index contributed by atoms with van der Waals surface area (Å²) in [7, 11) is 0. The van der Waals surface area contributed by atoms with E-state index in [-0.39, 0.29) is 17.7 Å². The Hall–Kier alpha value is -1.40. The van der Waals surface area contributed by atoms with E-state index in [9.17, 15) is 9.59 Å². The molecule has 0 aromatic carbocycles. The topological polar surface area (TPSA) is 98.2 Å². The number of thiophene rings is 1. The standard InChI is InChI=1S/C12H19N3O2S/c1-12(2,9-4-3-5-18-9)7-15-11(17)8(13)6-10(14)16/h3-5,8H,6-7,13H2,1-2H3,(H2,14,16)(H,15,17). The molecule has 0 aliphatic carbocycles. The maximum absolute atomic E-state index is 11.7. The lowest BCUT2D eigenvalue weighted by atomic mass is 9.91. The van der Waals surface area contributed by atoms with Crippen LogP contribution in [0.5, 0.6) is 0 Å².